The molecule has 0 aromatic rings. The van der Waals surface area contributed by atoms with Crippen molar-refractivity contribution in [2.45, 2.75) is 51.1 Å². The van der Waals surface area contributed by atoms with E-state index in [0.717, 1.165) is 50.4 Å². The highest BCUT2D eigenvalue weighted by atomic mass is 32.2. The number of oxime groups is 1. The van der Waals surface area contributed by atoms with Gasteiger partial charge < -0.3 is 4.84 Å². The van der Waals surface area contributed by atoms with E-state index in [9.17, 15) is 8.78 Å². The van der Waals surface area contributed by atoms with Crippen molar-refractivity contribution in [3.63, 3.8) is 0 Å². The summed E-state index contributed by atoms with van der Waals surface area (Å²) in [6.45, 7) is 4.77. The molecule has 1 atom stereocenters. The number of nitriles is 1. The van der Waals surface area contributed by atoms with Crippen molar-refractivity contribution in [3.05, 3.63) is 12.7 Å². The Morgan fingerprint density at radius 3 is 2.78 bits per heavy atom. The van der Waals surface area contributed by atoms with E-state index in [2.05, 4.69) is 17.8 Å². The molecule has 0 aromatic heterocycles. The molecule has 0 amide bonds. The van der Waals surface area contributed by atoms with E-state index in [0.29, 0.717) is 6.61 Å². The normalized spacial score (nSPS) is 19.7. The predicted molar refractivity (Wildman–Crippen MR) is 84.8 cm³/mol. The third-order valence-corrected chi connectivity index (χ3v) is 3.91. The minimum atomic E-state index is -2.72. The molecule has 1 aliphatic carbocycles. The van der Waals surface area contributed by atoms with Gasteiger partial charge in [0.05, 0.1) is 11.8 Å². The average Bonchev–Trinajstić information content (AvgIpc) is 2.51. The quantitative estimate of drug-likeness (QED) is 0.194. The Morgan fingerprint density at radius 2 is 2.22 bits per heavy atom. The summed E-state index contributed by atoms with van der Waals surface area (Å²) in [6, 6.07) is 2.05. The Hall–Kier alpha value is -1.17. The summed E-state index contributed by atoms with van der Waals surface area (Å²) < 4.78 is 30.1. The van der Waals surface area contributed by atoms with Crippen LogP contribution in [0.4, 0.5) is 8.78 Å². The van der Waals surface area contributed by atoms with Gasteiger partial charge in [-0.3, -0.25) is 0 Å². The predicted octanol–water partition coefficient (Wildman–Crippen LogP) is 4.27. The summed E-state index contributed by atoms with van der Waals surface area (Å²) in [5.41, 5.74) is 0.959. The Morgan fingerprint density at radius 1 is 1.52 bits per heavy atom. The molecule has 1 aliphatic rings. The van der Waals surface area contributed by atoms with Crippen LogP contribution in [0.3, 0.4) is 0 Å². The second-order valence-electron chi connectivity index (χ2n) is 5.44. The van der Waals surface area contributed by atoms with Crippen LogP contribution in [0.1, 0.15) is 39.0 Å². The van der Waals surface area contributed by atoms with Crippen molar-refractivity contribution in [1.82, 2.24) is 0 Å². The van der Waals surface area contributed by atoms with Gasteiger partial charge in [0.2, 0.25) is 5.92 Å². The number of rotatable bonds is 10. The molecule has 1 unspecified atom stereocenters. The van der Waals surface area contributed by atoms with Gasteiger partial charge in [-0.15, -0.1) is 0 Å². The third-order valence-electron chi connectivity index (χ3n) is 3.36. The molecule has 0 bridgehead atoms. The van der Waals surface area contributed by atoms with Gasteiger partial charge in [-0.1, -0.05) is 17.8 Å². The molecular weight excluding hydrogens is 326 g/mol. The zero-order chi connectivity index (χ0) is 17.1. The number of hydrogen-bond donors (Lipinski definition) is 0. The van der Waals surface area contributed by atoms with E-state index in [1.54, 1.807) is 6.08 Å². The molecular formula is C15H22F2N2O3S. The Kier molecular flexibility index (Phi) is 9.14. The molecule has 0 spiro atoms. The summed E-state index contributed by atoms with van der Waals surface area (Å²) in [6.07, 6.45) is 3.58. The van der Waals surface area contributed by atoms with Crippen LogP contribution in [-0.2, 0) is 14.1 Å². The van der Waals surface area contributed by atoms with Crippen molar-refractivity contribution >= 4 is 17.8 Å². The summed E-state index contributed by atoms with van der Waals surface area (Å²) in [4.78, 5) is 10.1. The SMILES string of the molecule is C=CCON=C1CCC(C(C#N)OOSCCC(C)(F)F)CC1. The van der Waals surface area contributed by atoms with Crippen molar-refractivity contribution in [3.8, 4) is 6.07 Å². The zero-order valence-electron chi connectivity index (χ0n) is 13.2. The number of alkyl halides is 2. The lowest BCUT2D eigenvalue weighted by Gasteiger charge is -2.25. The van der Waals surface area contributed by atoms with Crippen molar-refractivity contribution in [2.75, 3.05) is 12.4 Å². The molecule has 1 fully saturated rings. The van der Waals surface area contributed by atoms with Gasteiger partial charge in [0.25, 0.3) is 0 Å². The summed E-state index contributed by atoms with van der Waals surface area (Å²) >= 11 is 0.796. The first-order valence-electron chi connectivity index (χ1n) is 7.47. The monoisotopic (exact) mass is 348 g/mol. The summed E-state index contributed by atoms with van der Waals surface area (Å²) in [7, 11) is 0. The van der Waals surface area contributed by atoms with Crippen LogP contribution in [0, 0.1) is 17.2 Å². The van der Waals surface area contributed by atoms with E-state index in [4.69, 9.17) is 19.3 Å². The van der Waals surface area contributed by atoms with Gasteiger partial charge in [-0.2, -0.15) is 9.60 Å². The van der Waals surface area contributed by atoms with Gasteiger partial charge in [0.15, 0.2) is 6.10 Å². The van der Waals surface area contributed by atoms with Crippen LogP contribution in [0.5, 0.6) is 0 Å². The number of nitrogens with zero attached hydrogens (tertiary/aromatic N) is 2. The van der Waals surface area contributed by atoms with Crippen molar-refractivity contribution in [1.29, 1.82) is 5.26 Å². The molecule has 5 nitrogen and oxygen atoms in total. The highest BCUT2D eigenvalue weighted by Gasteiger charge is 2.28. The highest BCUT2D eigenvalue weighted by Crippen LogP contribution is 2.28. The van der Waals surface area contributed by atoms with Gasteiger partial charge in [-0.05, 0) is 32.6 Å². The smallest absolute Gasteiger partial charge is 0.246 e. The standard InChI is InChI=1S/C15H22F2N2O3S/c1-3-9-20-19-13-6-4-12(5-7-13)14(11-18)21-22-23-10-8-15(2,16)17/h3,12,14H,1,4-10H2,2H3. The minimum absolute atomic E-state index is 0.0339. The van der Waals surface area contributed by atoms with Crippen LogP contribution in [0.2, 0.25) is 0 Å². The molecule has 0 N–H and O–H groups in total. The lowest BCUT2D eigenvalue weighted by atomic mass is 9.85. The van der Waals surface area contributed by atoms with Gasteiger partial charge in [-0.25, -0.2) is 13.7 Å². The lowest BCUT2D eigenvalue weighted by Crippen LogP contribution is -2.27. The molecule has 0 saturated heterocycles. The van der Waals surface area contributed by atoms with Gasteiger partial charge in [0.1, 0.15) is 6.61 Å². The van der Waals surface area contributed by atoms with Gasteiger partial charge in [0, 0.05) is 30.1 Å². The average molecular weight is 348 g/mol. The second kappa shape index (κ2) is 10.6. The second-order valence-corrected chi connectivity index (χ2v) is 6.22. The van der Waals surface area contributed by atoms with Crippen LogP contribution in [0.25, 0.3) is 0 Å². The summed E-state index contributed by atoms with van der Waals surface area (Å²) in [5.74, 6) is -2.59. The molecule has 23 heavy (non-hydrogen) atoms. The largest absolute Gasteiger partial charge is 0.392 e. The van der Waals surface area contributed by atoms with E-state index in [-0.39, 0.29) is 18.1 Å². The first kappa shape index (κ1) is 19.9. The molecule has 0 aliphatic heterocycles. The maximum Gasteiger partial charge on any atom is 0.246 e. The summed E-state index contributed by atoms with van der Waals surface area (Å²) in [5, 5.41) is 13.2. The topological polar surface area (TPSA) is 63.8 Å². The number of hydrogen-bond acceptors (Lipinski definition) is 6. The van der Waals surface area contributed by atoms with E-state index in [1.807, 2.05) is 0 Å². The van der Waals surface area contributed by atoms with E-state index >= 15 is 0 Å². The zero-order valence-corrected chi connectivity index (χ0v) is 14.0. The van der Waals surface area contributed by atoms with Crippen LogP contribution in [0.15, 0.2) is 17.8 Å². The minimum Gasteiger partial charge on any atom is -0.392 e. The molecule has 1 rings (SSSR count). The van der Waals surface area contributed by atoms with Crippen LogP contribution >= 0.6 is 12.0 Å². The molecule has 0 aromatic carbocycles. The molecule has 0 heterocycles. The Balaban J connectivity index is 2.25. The molecule has 8 heteroatoms. The number of halogens is 2. The van der Waals surface area contributed by atoms with Crippen molar-refractivity contribution in [2.24, 2.45) is 11.1 Å². The van der Waals surface area contributed by atoms with E-state index < -0.39 is 12.0 Å². The third kappa shape index (κ3) is 8.89. The van der Waals surface area contributed by atoms with Crippen LogP contribution < -0.4 is 0 Å². The first-order chi connectivity index (χ1) is 11.0. The fourth-order valence-electron chi connectivity index (χ4n) is 2.08. The molecule has 1 saturated carbocycles. The Bertz CT molecular complexity index is 425. The Labute approximate surface area is 139 Å². The lowest BCUT2D eigenvalue weighted by molar-refractivity contribution is -0.228. The maximum absolute atomic E-state index is 12.6. The van der Waals surface area contributed by atoms with Gasteiger partial charge >= 0.3 is 0 Å². The maximum atomic E-state index is 12.6. The highest BCUT2D eigenvalue weighted by molar-refractivity contribution is 7.94. The van der Waals surface area contributed by atoms with Crippen LogP contribution in [-0.4, -0.2) is 30.1 Å². The fraction of sp³-hybridized carbons (Fsp3) is 0.733. The first-order valence-corrected chi connectivity index (χ1v) is 8.38. The van der Waals surface area contributed by atoms with Crippen molar-refractivity contribution < 1.29 is 22.8 Å². The molecule has 0 radical (unpaired) electrons. The van der Waals surface area contributed by atoms with E-state index in [1.165, 1.54) is 0 Å². The molecule has 130 valence electrons. The fourth-order valence-corrected chi connectivity index (χ4v) is 2.73.